The van der Waals surface area contributed by atoms with E-state index in [2.05, 4.69) is 4.98 Å². The third-order valence-electron chi connectivity index (χ3n) is 2.96. The fourth-order valence-corrected chi connectivity index (χ4v) is 2.14. The highest BCUT2D eigenvalue weighted by atomic mass is 35.5. The summed E-state index contributed by atoms with van der Waals surface area (Å²) in [5, 5.41) is 0.507. The van der Waals surface area contributed by atoms with Crippen LogP contribution in [-0.4, -0.2) is 17.9 Å². The minimum atomic E-state index is -0.172. The number of nitrogens with zero attached hydrogens (tertiary/aromatic N) is 2. The number of hydrogen-bond donors (Lipinski definition) is 0. The zero-order chi connectivity index (χ0) is 14.0. The summed E-state index contributed by atoms with van der Waals surface area (Å²) in [6.45, 7) is 4.01. The van der Waals surface area contributed by atoms with Gasteiger partial charge in [0.15, 0.2) is 0 Å². The van der Waals surface area contributed by atoms with Crippen molar-refractivity contribution in [1.29, 1.82) is 0 Å². The fourth-order valence-electron chi connectivity index (χ4n) is 1.98. The van der Waals surface area contributed by atoms with Gasteiger partial charge in [-0.2, -0.15) is 0 Å². The number of benzene rings is 1. The van der Waals surface area contributed by atoms with Gasteiger partial charge in [0.1, 0.15) is 5.69 Å². The molecule has 0 N–H and O–H groups in total. The average Bonchev–Trinajstić information content (AvgIpc) is 2.37. The molecule has 0 radical (unpaired) electrons. The maximum absolute atomic E-state index is 12.3. The van der Waals surface area contributed by atoms with Crippen molar-refractivity contribution >= 4 is 23.2 Å². The first-order valence-corrected chi connectivity index (χ1v) is 6.33. The molecule has 0 aliphatic heterocycles. The maximum Gasteiger partial charge on any atom is 0.276 e. The van der Waals surface area contributed by atoms with Crippen molar-refractivity contribution in [2.24, 2.45) is 0 Å². The zero-order valence-corrected chi connectivity index (χ0v) is 11.9. The number of aromatic nitrogens is 1. The number of rotatable bonds is 2. The Kier molecular flexibility index (Phi) is 3.86. The smallest absolute Gasteiger partial charge is 0.276 e. The largest absolute Gasteiger partial charge is 0.310 e. The lowest BCUT2D eigenvalue weighted by molar-refractivity contribution is 0.0988. The van der Waals surface area contributed by atoms with Gasteiger partial charge in [0.05, 0.1) is 0 Å². The van der Waals surface area contributed by atoms with Gasteiger partial charge >= 0.3 is 0 Å². The lowest BCUT2D eigenvalue weighted by Crippen LogP contribution is -2.27. The Morgan fingerprint density at radius 3 is 2.58 bits per heavy atom. The summed E-state index contributed by atoms with van der Waals surface area (Å²) >= 11 is 5.88. The van der Waals surface area contributed by atoms with Crippen molar-refractivity contribution in [3.63, 3.8) is 0 Å². The van der Waals surface area contributed by atoms with Crippen molar-refractivity contribution in [3.05, 3.63) is 58.4 Å². The average molecular weight is 275 g/mol. The quantitative estimate of drug-likeness (QED) is 0.838. The van der Waals surface area contributed by atoms with Gasteiger partial charge in [-0.1, -0.05) is 29.3 Å². The molecule has 4 heteroatoms. The third kappa shape index (κ3) is 2.93. The topological polar surface area (TPSA) is 33.2 Å². The highest BCUT2D eigenvalue weighted by Gasteiger charge is 2.16. The lowest BCUT2D eigenvalue weighted by Gasteiger charge is -2.19. The molecule has 0 bridgehead atoms. The summed E-state index contributed by atoms with van der Waals surface area (Å²) in [6.07, 6.45) is 1.53. The third-order valence-corrected chi connectivity index (χ3v) is 3.19. The first-order valence-electron chi connectivity index (χ1n) is 5.96. The standard InChI is InChI=1S/C15H15ClN2O/c1-10-4-5-14(11(2)8-10)18(3)15(19)13-9-12(16)6-7-17-13/h4-9H,1-3H3. The van der Waals surface area contributed by atoms with Gasteiger partial charge in [0.2, 0.25) is 0 Å². The van der Waals surface area contributed by atoms with Crippen molar-refractivity contribution in [1.82, 2.24) is 4.98 Å². The van der Waals surface area contributed by atoms with Gasteiger partial charge in [-0.05, 0) is 37.6 Å². The summed E-state index contributed by atoms with van der Waals surface area (Å²) < 4.78 is 0. The number of anilines is 1. The molecule has 0 aliphatic carbocycles. The van der Waals surface area contributed by atoms with Crippen molar-refractivity contribution in [2.75, 3.05) is 11.9 Å². The maximum atomic E-state index is 12.3. The van der Waals surface area contributed by atoms with Crippen LogP contribution >= 0.6 is 11.6 Å². The van der Waals surface area contributed by atoms with E-state index in [1.807, 2.05) is 32.0 Å². The minimum absolute atomic E-state index is 0.172. The molecular formula is C15H15ClN2O. The van der Waals surface area contributed by atoms with Crippen LogP contribution in [0.2, 0.25) is 5.02 Å². The van der Waals surface area contributed by atoms with E-state index in [1.54, 1.807) is 24.1 Å². The van der Waals surface area contributed by atoms with E-state index < -0.39 is 0 Å². The van der Waals surface area contributed by atoms with Crippen molar-refractivity contribution < 1.29 is 4.79 Å². The van der Waals surface area contributed by atoms with E-state index >= 15 is 0 Å². The van der Waals surface area contributed by atoms with Crippen LogP contribution in [0.25, 0.3) is 0 Å². The summed E-state index contributed by atoms with van der Waals surface area (Å²) in [5.74, 6) is -0.172. The Morgan fingerprint density at radius 2 is 1.95 bits per heavy atom. The van der Waals surface area contributed by atoms with E-state index in [1.165, 1.54) is 11.8 Å². The van der Waals surface area contributed by atoms with Crippen LogP contribution < -0.4 is 4.90 Å². The van der Waals surface area contributed by atoms with Gasteiger partial charge < -0.3 is 4.90 Å². The molecule has 19 heavy (non-hydrogen) atoms. The Hall–Kier alpha value is -1.87. The molecule has 0 atom stereocenters. The van der Waals surface area contributed by atoms with Crippen LogP contribution in [0, 0.1) is 13.8 Å². The molecule has 2 aromatic rings. The lowest BCUT2D eigenvalue weighted by atomic mass is 10.1. The summed E-state index contributed by atoms with van der Waals surface area (Å²) in [4.78, 5) is 18.0. The Morgan fingerprint density at radius 1 is 1.21 bits per heavy atom. The van der Waals surface area contributed by atoms with Gasteiger partial charge in [-0.3, -0.25) is 9.78 Å². The number of carbonyl (C=O) groups is 1. The van der Waals surface area contributed by atoms with E-state index in [-0.39, 0.29) is 5.91 Å². The molecule has 0 saturated heterocycles. The summed E-state index contributed by atoms with van der Waals surface area (Å²) in [7, 11) is 1.74. The molecule has 0 unspecified atom stereocenters. The Bertz CT molecular complexity index is 625. The molecule has 1 amide bonds. The Balaban J connectivity index is 2.33. The van der Waals surface area contributed by atoms with E-state index in [4.69, 9.17) is 11.6 Å². The SMILES string of the molecule is Cc1ccc(N(C)C(=O)c2cc(Cl)ccn2)c(C)c1. The molecular weight excluding hydrogens is 260 g/mol. The van der Waals surface area contributed by atoms with Crippen molar-refractivity contribution in [2.45, 2.75) is 13.8 Å². The molecule has 98 valence electrons. The van der Waals surface area contributed by atoms with Crippen LogP contribution in [0.3, 0.4) is 0 Å². The predicted octanol–water partition coefficient (Wildman–Crippen LogP) is 3.63. The minimum Gasteiger partial charge on any atom is -0.310 e. The highest BCUT2D eigenvalue weighted by Crippen LogP contribution is 2.21. The first-order chi connectivity index (χ1) is 8.99. The molecule has 1 aromatic heterocycles. The van der Waals surface area contributed by atoms with E-state index in [9.17, 15) is 4.79 Å². The fraction of sp³-hybridized carbons (Fsp3) is 0.200. The predicted molar refractivity (Wildman–Crippen MR) is 77.9 cm³/mol. The van der Waals surface area contributed by atoms with E-state index in [0.29, 0.717) is 10.7 Å². The second-order valence-electron chi connectivity index (χ2n) is 4.51. The Labute approximate surface area is 117 Å². The van der Waals surface area contributed by atoms with Gasteiger partial charge in [0, 0.05) is 24.0 Å². The van der Waals surface area contributed by atoms with Crippen LogP contribution in [0.1, 0.15) is 21.6 Å². The van der Waals surface area contributed by atoms with Crippen molar-refractivity contribution in [3.8, 4) is 0 Å². The number of pyridine rings is 1. The molecule has 3 nitrogen and oxygen atoms in total. The number of aryl methyl sites for hydroxylation is 2. The highest BCUT2D eigenvalue weighted by molar-refractivity contribution is 6.31. The van der Waals surface area contributed by atoms with Crippen LogP contribution in [0.4, 0.5) is 5.69 Å². The second-order valence-corrected chi connectivity index (χ2v) is 4.95. The first kappa shape index (κ1) is 13.6. The molecule has 0 aliphatic rings. The number of carbonyl (C=O) groups excluding carboxylic acids is 1. The summed E-state index contributed by atoms with van der Waals surface area (Å²) in [6, 6.07) is 9.19. The number of amides is 1. The number of hydrogen-bond acceptors (Lipinski definition) is 2. The molecule has 0 spiro atoms. The summed E-state index contributed by atoms with van der Waals surface area (Å²) in [5.41, 5.74) is 3.44. The van der Waals surface area contributed by atoms with Crippen LogP contribution in [0.15, 0.2) is 36.5 Å². The molecule has 0 saturated carbocycles. The van der Waals surface area contributed by atoms with Crippen LogP contribution in [0.5, 0.6) is 0 Å². The number of halogens is 1. The molecule has 1 heterocycles. The molecule has 1 aromatic carbocycles. The molecule has 0 fully saturated rings. The zero-order valence-electron chi connectivity index (χ0n) is 11.1. The van der Waals surface area contributed by atoms with Crippen LogP contribution in [-0.2, 0) is 0 Å². The molecule has 2 rings (SSSR count). The van der Waals surface area contributed by atoms with Gasteiger partial charge in [-0.25, -0.2) is 0 Å². The normalized spacial score (nSPS) is 10.3. The van der Waals surface area contributed by atoms with Gasteiger partial charge in [0.25, 0.3) is 5.91 Å². The van der Waals surface area contributed by atoms with Gasteiger partial charge in [-0.15, -0.1) is 0 Å². The second kappa shape index (κ2) is 5.41. The van der Waals surface area contributed by atoms with E-state index in [0.717, 1.165) is 11.3 Å². The monoisotopic (exact) mass is 274 g/mol.